The number of amides is 1. The van der Waals surface area contributed by atoms with Crippen LogP contribution in [0.4, 0.5) is 11.4 Å². The fourth-order valence-electron chi connectivity index (χ4n) is 2.85. The van der Waals surface area contributed by atoms with Crippen LogP contribution in [0.25, 0.3) is 22.1 Å². The van der Waals surface area contributed by atoms with Crippen LogP contribution >= 0.6 is 0 Å². The molecule has 0 fully saturated rings. The number of carbonyl (C=O) groups excluding carboxylic acids is 1. The molecule has 1 amide bonds. The number of nitro groups is 1. The molecule has 1 heterocycles. The Balaban J connectivity index is 1.56. The third-order valence-corrected chi connectivity index (χ3v) is 4.18. The fraction of sp³-hybridized carbons (Fsp3) is 0. The van der Waals surface area contributed by atoms with Gasteiger partial charge in [-0.2, -0.15) is 0 Å². The Morgan fingerprint density at radius 2 is 1.70 bits per heavy atom. The van der Waals surface area contributed by atoms with Crippen molar-refractivity contribution in [1.29, 1.82) is 0 Å². The molecular weight excluding hydrogens is 344 g/mol. The Morgan fingerprint density at radius 3 is 2.52 bits per heavy atom. The Morgan fingerprint density at radius 1 is 0.889 bits per heavy atom. The SMILES string of the molecule is O=C(Nc1ccc2ccccc2c1)c1ccc(-c2cccc([N+](=O)[O-])c2)o1. The predicted octanol–water partition coefficient (Wildman–Crippen LogP) is 5.26. The number of hydrogen-bond donors (Lipinski definition) is 1. The lowest BCUT2D eigenvalue weighted by Crippen LogP contribution is -2.10. The Labute approximate surface area is 154 Å². The fourth-order valence-corrected chi connectivity index (χ4v) is 2.85. The average molecular weight is 358 g/mol. The molecule has 0 atom stereocenters. The van der Waals surface area contributed by atoms with Crippen LogP contribution in [0.5, 0.6) is 0 Å². The summed E-state index contributed by atoms with van der Waals surface area (Å²) in [5.74, 6) is 0.133. The van der Waals surface area contributed by atoms with Crippen molar-refractivity contribution in [2.75, 3.05) is 5.32 Å². The van der Waals surface area contributed by atoms with Gasteiger partial charge >= 0.3 is 0 Å². The third-order valence-electron chi connectivity index (χ3n) is 4.18. The molecule has 0 spiro atoms. The molecule has 0 saturated heterocycles. The van der Waals surface area contributed by atoms with Crippen LogP contribution in [0.15, 0.2) is 83.3 Å². The van der Waals surface area contributed by atoms with Gasteiger partial charge in [-0.25, -0.2) is 0 Å². The van der Waals surface area contributed by atoms with Gasteiger partial charge in [0.1, 0.15) is 5.76 Å². The van der Waals surface area contributed by atoms with E-state index in [0.29, 0.717) is 17.0 Å². The molecule has 6 nitrogen and oxygen atoms in total. The van der Waals surface area contributed by atoms with E-state index in [1.807, 2.05) is 42.5 Å². The summed E-state index contributed by atoms with van der Waals surface area (Å²) in [6.07, 6.45) is 0. The first kappa shape index (κ1) is 16.5. The molecular formula is C21H14N2O4. The maximum Gasteiger partial charge on any atom is 0.291 e. The number of fused-ring (bicyclic) bond motifs is 1. The Hall–Kier alpha value is -3.93. The van der Waals surface area contributed by atoms with Gasteiger partial charge in [0.25, 0.3) is 11.6 Å². The lowest BCUT2D eigenvalue weighted by Gasteiger charge is -2.05. The molecule has 0 aliphatic heterocycles. The molecule has 0 aliphatic carbocycles. The Kier molecular flexibility index (Phi) is 4.14. The summed E-state index contributed by atoms with van der Waals surface area (Å²) >= 11 is 0. The van der Waals surface area contributed by atoms with Crippen LogP contribution in [0.3, 0.4) is 0 Å². The molecule has 3 aromatic carbocycles. The summed E-state index contributed by atoms with van der Waals surface area (Å²) in [5, 5.41) is 15.8. The first-order valence-electron chi connectivity index (χ1n) is 8.25. The van der Waals surface area contributed by atoms with Gasteiger partial charge in [0.15, 0.2) is 5.76 Å². The van der Waals surface area contributed by atoms with E-state index in [1.54, 1.807) is 24.3 Å². The summed E-state index contributed by atoms with van der Waals surface area (Å²) in [6.45, 7) is 0. The van der Waals surface area contributed by atoms with Crippen molar-refractivity contribution in [1.82, 2.24) is 0 Å². The number of furan rings is 1. The minimum atomic E-state index is -0.472. The lowest BCUT2D eigenvalue weighted by molar-refractivity contribution is -0.384. The van der Waals surface area contributed by atoms with E-state index >= 15 is 0 Å². The Bertz CT molecular complexity index is 1160. The van der Waals surface area contributed by atoms with Gasteiger partial charge < -0.3 is 9.73 Å². The van der Waals surface area contributed by atoms with E-state index in [1.165, 1.54) is 12.1 Å². The maximum atomic E-state index is 12.5. The number of non-ortho nitro benzene ring substituents is 1. The molecule has 6 heteroatoms. The van der Waals surface area contributed by atoms with Crippen LogP contribution in [-0.2, 0) is 0 Å². The smallest absolute Gasteiger partial charge is 0.291 e. The number of rotatable bonds is 4. The number of carbonyl (C=O) groups is 1. The molecule has 0 bridgehead atoms. The second-order valence-corrected chi connectivity index (χ2v) is 5.99. The molecule has 0 unspecified atom stereocenters. The van der Waals surface area contributed by atoms with Crippen molar-refractivity contribution in [3.8, 4) is 11.3 Å². The molecule has 1 N–H and O–H groups in total. The summed E-state index contributed by atoms with van der Waals surface area (Å²) in [7, 11) is 0. The van der Waals surface area contributed by atoms with Crippen LogP contribution < -0.4 is 5.32 Å². The molecule has 4 rings (SSSR count). The molecule has 27 heavy (non-hydrogen) atoms. The van der Waals surface area contributed by atoms with Gasteiger partial charge in [0.2, 0.25) is 0 Å². The number of anilines is 1. The van der Waals surface area contributed by atoms with Gasteiger partial charge in [-0.15, -0.1) is 0 Å². The normalized spacial score (nSPS) is 10.7. The van der Waals surface area contributed by atoms with Crippen LogP contribution in [0.1, 0.15) is 10.6 Å². The standard InChI is InChI=1S/C21H14N2O4/c24-21(22-17-9-8-14-4-1-2-5-15(14)12-17)20-11-10-19(27-20)16-6-3-7-18(13-16)23(25)26/h1-13H,(H,22,24). The first-order valence-corrected chi connectivity index (χ1v) is 8.25. The van der Waals surface area contributed by atoms with Gasteiger partial charge in [-0.1, -0.05) is 42.5 Å². The zero-order valence-corrected chi connectivity index (χ0v) is 14.1. The zero-order valence-electron chi connectivity index (χ0n) is 14.1. The number of benzene rings is 3. The van der Waals surface area contributed by atoms with Gasteiger partial charge in [0, 0.05) is 23.4 Å². The highest BCUT2D eigenvalue weighted by Crippen LogP contribution is 2.26. The predicted molar refractivity (Wildman–Crippen MR) is 103 cm³/mol. The summed E-state index contributed by atoms with van der Waals surface area (Å²) in [6, 6.07) is 22.7. The summed E-state index contributed by atoms with van der Waals surface area (Å²) in [4.78, 5) is 22.9. The zero-order chi connectivity index (χ0) is 18.8. The summed E-state index contributed by atoms with van der Waals surface area (Å²) in [5.41, 5.74) is 1.16. The van der Waals surface area contributed by atoms with Crippen molar-refractivity contribution in [3.05, 3.63) is 94.7 Å². The largest absolute Gasteiger partial charge is 0.451 e. The van der Waals surface area contributed by atoms with E-state index in [4.69, 9.17) is 4.42 Å². The van der Waals surface area contributed by atoms with Gasteiger partial charge in [0.05, 0.1) is 4.92 Å². The van der Waals surface area contributed by atoms with Crippen molar-refractivity contribution in [2.24, 2.45) is 0 Å². The van der Waals surface area contributed by atoms with Gasteiger partial charge in [-0.3, -0.25) is 14.9 Å². The monoisotopic (exact) mass is 358 g/mol. The number of nitrogens with one attached hydrogen (secondary N) is 1. The maximum absolute atomic E-state index is 12.5. The summed E-state index contributed by atoms with van der Waals surface area (Å²) < 4.78 is 5.59. The van der Waals surface area contributed by atoms with Crippen molar-refractivity contribution in [2.45, 2.75) is 0 Å². The second-order valence-electron chi connectivity index (χ2n) is 5.99. The van der Waals surface area contributed by atoms with Gasteiger partial charge in [-0.05, 0) is 35.0 Å². The highest BCUT2D eigenvalue weighted by Gasteiger charge is 2.14. The molecule has 0 saturated carbocycles. The first-order chi connectivity index (χ1) is 13.1. The van der Waals surface area contributed by atoms with Crippen LogP contribution in [0.2, 0.25) is 0 Å². The van der Waals surface area contributed by atoms with Crippen molar-refractivity contribution < 1.29 is 14.1 Å². The molecule has 1 aromatic heterocycles. The topological polar surface area (TPSA) is 85.4 Å². The number of nitrogens with zero attached hydrogens (tertiary/aromatic N) is 1. The van der Waals surface area contributed by atoms with E-state index in [2.05, 4.69) is 5.32 Å². The lowest BCUT2D eigenvalue weighted by atomic mass is 10.1. The van der Waals surface area contributed by atoms with Crippen LogP contribution in [-0.4, -0.2) is 10.8 Å². The quantitative estimate of drug-likeness (QED) is 0.398. The van der Waals surface area contributed by atoms with Crippen LogP contribution in [0, 0.1) is 10.1 Å². The number of nitro benzene ring substituents is 1. The molecule has 0 radical (unpaired) electrons. The molecule has 132 valence electrons. The highest BCUT2D eigenvalue weighted by molar-refractivity contribution is 6.03. The van der Waals surface area contributed by atoms with E-state index < -0.39 is 4.92 Å². The number of hydrogen-bond acceptors (Lipinski definition) is 4. The highest BCUT2D eigenvalue weighted by atomic mass is 16.6. The third kappa shape index (κ3) is 3.41. The van der Waals surface area contributed by atoms with E-state index in [-0.39, 0.29) is 17.4 Å². The molecule has 4 aromatic rings. The average Bonchev–Trinajstić information content (AvgIpc) is 3.18. The van der Waals surface area contributed by atoms with E-state index in [0.717, 1.165) is 10.8 Å². The van der Waals surface area contributed by atoms with Crippen molar-refractivity contribution >= 4 is 28.1 Å². The minimum Gasteiger partial charge on any atom is -0.451 e. The second kappa shape index (κ2) is 6.76. The van der Waals surface area contributed by atoms with Crippen molar-refractivity contribution in [3.63, 3.8) is 0 Å². The van der Waals surface area contributed by atoms with E-state index in [9.17, 15) is 14.9 Å². The minimum absolute atomic E-state index is 0.0361. The molecule has 0 aliphatic rings.